The second-order valence-electron chi connectivity index (χ2n) is 6.99. The average molecular weight is 460 g/mol. The maximum atomic E-state index is 12.4. The first-order valence-electron chi connectivity index (χ1n) is 9.93. The normalized spacial score (nSPS) is 10.5. The van der Waals surface area contributed by atoms with Gasteiger partial charge in [0.05, 0.1) is 23.4 Å². The van der Waals surface area contributed by atoms with Gasteiger partial charge in [-0.2, -0.15) is 0 Å². The lowest BCUT2D eigenvalue weighted by Crippen LogP contribution is -2.30. The van der Waals surface area contributed by atoms with Crippen LogP contribution in [-0.2, 0) is 6.54 Å². The van der Waals surface area contributed by atoms with Gasteiger partial charge in [0.15, 0.2) is 0 Å². The van der Waals surface area contributed by atoms with Gasteiger partial charge in [0.1, 0.15) is 0 Å². The van der Waals surface area contributed by atoms with Crippen LogP contribution in [0.5, 0.6) is 0 Å². The third-order valence-corrected chi connectivity index (χ3v) is 4.98. The number of pyridine rings is 3. The minimum Gasteiger partial charge on any atom is -0.395 e. The van der Waals surface area contributed by atoms with Gasteiger partial charge in [-0.15, -0.1) is 4.94 Å². The Bertz CT molecular complexity index is 1440. The highest BCUT2D eigenvalue weighted by atomic mass is 35.5. The molecule has 0 aliphatic carbocycles. The van der Waals surface area contributed by atoms with Gasteiger partial charge in [0.25, 0.3) is 11.5 Å². The number of aliphatic hydroxyl groups excluding tert-OH is 1. The predicted octanol–water partition coefficient (Wildman–Crippen LogP) is 2.24. The molecule has 0 fully saturated rings. The van der Waals surface area contributed by atoms with Gasteiger partial charge in [-0.05, 0) is 42.1 Å². The molecule has 1 aromatic carbocycles. The summed E-state index contributed by atoms with van der Waals surface area (Å²) in [5, 5.41) is 9.57. The monoisotopic (exact) mass is 459 g/mol. The molecule has 164 valence electrons. The lowest BCUT2D eigenvalue weighted by atomic mass is 10.0. The zero-order chi connectivity index (χ0) is 23.2. The van der Waals surface area contributed by atoms with Crippen LogP contribution in [0.25, 0.3) is 22.2 Å². The summed E-state index contributed by atoms with van der Waals surface area (Å²) < 4.78 is 1.42. The molecule has 0 radical (unpaired) electrons. The average Bonchev–Trinajstić information content (AvgIpc) is 2.84. The molecule has 0 atom stereocenters. The molecule has 3 aromatic heterocycles. The smallest absolute Gasteiger partial charge is 0.267 e. The second-order valence-corrected chi connectivity index (χ2v) is 7.18. The van der Waals surface area contributed by atoms with Crippen molar-refractivity contribution in [2.45, 2.75) is 6.54 Å². The van der Waals surface area contributed by atoms with Gasteiger partial charge >= 0.3 is 0 Å². The Hall–Kier alpha value is -4.03. The fraction of sp³-hybridized carbons (Fsp3) is 0.0833. The Balaban J connectivity index is 1.63. The number of hydrazine groups is 1. The quantitative estimate of drug-likeness (QED) is 0.240. The summed E-state index contributed by atoms with van der Waals surface area (Å²) >= 11 is 5.42. The standard InChI is InChI=1S/C24H18ClN5O3/c25-29-28-24(33)19-14-22(27-21-7-9-26-15-20(19)21)18-5-3-16(4-6-18)1-2-17-8-10-30(11-12-31)23(32)13-17/h3-10,13-15,29,31H,11-12H2,(H,28,33). The first-order chi connectivity index (χ1) is 16.1. The number of fused-ring (bicyclic) bond motifs is 1. The van der Waals surface area contributed by atoms with Crippen LogP contribution < -0.4 is 15.9 Å². The molecule has 0 spiro atoms. The maximum absolute atomic E-state index is 12.4. The van der Waals surface area contributed by atoms with Crippen molar-refractivity contribution in [3.63, 3.8) is 0 Å². The fourth-order valence-corrected chi connectivity index (χ4v) is 3.35. The highest BCUT2D eigenvalue weighted by Gasteiger charge is 2.14. The van der Waals surface area contributed by atoms with E-state index in [0.29, 0.717) is 27.7 Å². The molecule has 0 saturated carbocycles. The fourth-order valence-electron chi connectivity index (χ4n) is 3.26. The molecule has 4 rings (SSSR count). The van der Waals surface area contributed by atoms with Gasteiger partial charge in [-0.3, -0.25) is 20.0 Å². The van der Waals surface area contributed by atoms with E-state index < -0.39 is 5.91 Å². The van der Waals surface area contributed by atoms with Gasteiger partial charge in [-0.1, -0.05) is 24.0 Å². The highest BCUT2D eigenvalue weighted by molar-refractivity contribution is 6.15. The predicted molar refractivity (Wildman–Crippen MR) is 125 cm³/mol. The molecule has 1 amide bonds. The van der Waals surface area contributed by atoms with Crippen molar-refractivity contribution in [2.24, 2.45) is 0 Å². The van der Waals surface area contributed by atoms with E-state index in [2.05, 4.69) is 32.2 Å². The maximum Gasteiger partial charge on any atom is 0.267 e. The minimum absolute atomic E-state index is 0.101. The number of benzene rings is 1. The number of carbonyl (C=O) groups excluding carboxylic acids is 1. The number of hydrogen-bond acceptors (Lipinski definition) is 6. The van der Waals surface area contributed by atoms with E-state index in [4.69, 9.17) is 16.9 Å². The largest absolute Gasteiger partial charge is 0.395 e. The van der Waals surface area contributed by atoms with Crippen molar-refractivity contribution in [1.82, 2.24) is 24.9 Å². The number of hydrogen-bond donors (Lipinski definition) is 3. The Morgan fingerprint density at radius 2 is 1.88 bits per heavy atom. The molecule has 3 heterocycles. The minimum atomic E-state index is -0.407. The summed E-state index contributed by atoms with van der Waals surface area (Å²) in [4.78, 5) is 35.3. The molecular formula is C24H18ClN5O3. The molecule has 8 nitrogen and oxygen atoms in total. The van der Waals surface area contributed by atoms with Crippen LogP contribution in [0.2, 0.25) is 0 Å². The van der Waals surface area contributed by atoms with Gasteiger partial charge in [-0.25, -0.2) is 4.98 Å². The number of nitrogens with zero attached hydrogens (tertiary/aromatic N) is 3. The molecular weight excluding hydrogens is 442 g/mol. The van der Waals surface area contributed by atoms with E-state index in [9.17, 15) is 9.59 Å². The van der Waals surface area contributed by atoms with Crippen molar-refractivity contribution < 1.29 is 9.90 Å². The Kier molecular flexibility index (Phi) is 6.76. The first-order valence-corrected chi connectivity index (χ1v) is 10.3. The van der Waals surface area contributed by atoms with Crippen molar-refractivity contribution in [2.75, 3.05) is 6.61 Å². The molecule has 0 aliphatic rings. The van der Waals surface area contributed by atoms with Gasteiger partial charge in [0, 0.05) is 53.3 Å². The van der Waals surface area contributed by atoms with E-state index in [1.54, 1.807) is 36.8 Å². The van der Waals surface area contributed by atoms with Crippen LogP contribution in [0.3, 0.4) is 0 Å². The van der Waals surface area contributed by atoms with Crippen LogP contribution >= 0.6 is 11.8 Å². The van der Waals surface area contributed by atoms with Crippen molar-refractivity contribution in [3.05, 3.63) is 94.2 Å². The summed E-state index contributed by atoms with van der Waals surface area (Å²) in [7, 11) is 0. The van der Waals surface area contributed by atoms with Crippen LogP contribution in [0, 0.1) is 11.8 Å². The SMILES string of the molecule is O=C(NNCl)c1cc(-c2ccc(C#Cc3ccn(CCO)c(=O)c3)cc2)nc2ccncc12. The molecule has 9 heteroatoms. The number of nitrogens with one attached hydrogen (secondary N) is 2. The molecule has 3 N–H and O–H groups in total. The van der Waals surface area contributed by atoms with Crippen molar-refractivity contribution >= 4 is 28.6 Å². The molecule has 0 bridgehead atoms. The third kappa shape index (κ3) is 5.07. The number of rotatable bonds is 5. The lowest BCUT2D eigenvalue weighted by Gasteiger charge is -2.09. The molecule has 0 unspecified atom stereocenters. The summed E-state index contributed by atoms with van der Waals surface area (Å²) in [5.74, 6) is 5.60. The highest BCUT2D eigenvalue weighted by Crippen LogP contribution is 2.24. The van der Waals surface area contributed by atoms with E-state index in [1.807, 2.05) is 24.3 Å². The van der Waals surface area contributed by atoms with Crippen LogP contribution in [0.15, 0.2) is 71.9 Å². The Labute approximate surface area is 194 Å². The van der Waals surface area contributed by atoms with Crippen LogP contribution in [0.1, 0.15) is 21.5 Å². The van der Waals surface area contributed by atoms with Crippen molar-refractivity contribution in [1.29, 1.82) is 0 Å². The first kappa shape index (κ1) is 22.2. The third-order valence-electron chi connectivity index (χ3n) is 4.88. The number of aromatic nitrogens is 3. The summed E-state index contributed by atoms with van der Waals surface area (Å²) in [6.45, 7) is 0.148. The van der Waals surface area contributed by atoms with Crippen molar-refractivity contribution in [3.8, 4) is 23.1 Å². The van der Waals surface area contributed by atoms with E-state index in [-0.39, 0.29) is 18.7 Å². The summed E-state index contributed by atoms with van der Waals surface area (Å²) in [6.07, 6.45) is 4.80. The number of halogens is 1. The zero-order valence-corrected chi connectivity index (χ0v) is 18.0. The Morgan fingerprint density at radius 3 is 2.61 bits per heavy atom. The zero-order valence-electron chi connectivity index (χ0n) is 17.2. The van der Waals surface area contributed by atoms with Crippen LogP contribution in [-0.4, -0.2) is 32.2 Å². The molecule has 0 saturated heterocycles. The second kappa shape index (κ2) is 10.1. The van der Waals surface area contributed by atoms with Gasteiger partial charge in [0.2, 0.25) is 0 Å². The van der Waals surface area contributed by atoms with E-state index >= 15 is 0 Å². The van der Waals surface area contributed by atoms with Crippen LogP contribution in [0.4, 0.5) is 0 Å². The molecule has 4 aromatic rings. The molecule has 33 heavy (non-hydrogen) atoms. The number of amides is 1. The number of carbonyl (C=O) groups is 1. The summed E-state index contributed by atoms with van der Waals surface area (Å²) in [6, 6.07) is 14.0. The Morgan fingerprint density at radius 1 is 1.09 bits per heavy atom. The number of aliphatic hydroxyl groups is 1. The summed E-state index contributed by atoms with van der Waals surface area (Å²) in [5.41, 5.74) is 5.91. The topological polar surface area (TPSA) is 109 Å². The van der Waals surface area contributed by atoms with E-state index in [1.165, 1.54) is 10.6 Å². The lowest BCUT2D eigenvalue weighted by molar-refractivity contribution is 0.0947. The van der Waals surface area contributed by atoms with E-state index in [0.717, 1.165) is 11.1 Å². The van der Waals surface area contributed by atoms with Gasteiger partial charge < -0.3 is 9.67 Å². The molecule has 0 aliphatic heterocycles.